The summed E-state index contributed by atoms with van der Waals surface area (Å²) in [5.41, 5.74) is 1.10. The fraction of sp³-hybridized carbons (Fsp3) is 0.417. The molecule has 0 unspecified atom stereocenters. The van der Waals surface area contributed by atoms with Gasteiger partial charge in [0.2, 0.25) is 15.6 Å². The molecular formula is C24H30N6O5S. The first kappa shape index (κ1) is 25.6. The Labute approximate surface area is 209 Å². The lowest BCUT2D eigenvalue weighted by Gasteiger charge is -2.18. The van der Waals surface area contributed by atoms with Gasteiger partial charge in [0.05, 0.1) is 25.0 Å². The largest absolute Gasteiger partial charge is 0.491 e. The topological polar surface area (TPSA) is 128 Å². The molecule has 3 aromatic rings. The maximum atomic E-state index is 12.7. The molecule has 1 N–H and O–H groups in total. The van der Waals surface area contributed by atoms with Crippen LogP contribution in [0.3, 0.4) is 0 Å². The first-order valence-corrected chi connectivity index (χ1v) is 13.5. The summed E-state index contributed by atoms with van der Waals surface area (Å²) in [6.07, 6.45) is 3.38. The number of nitrogens with one attached hydrogen (secondary N) is 1. The van der Waals surface area contributed by atoms with Gasteiger partial charge in [0.1, 0.15) is 11.3 Å². The summed E-state index contributed by atoms with van der Waals surface area (Å²) in [6, 6.07) is 6.97. The highest BCUT2D eigenvalue weighted by Crippen LogP contribution is 2.37. The van der Waals surface area contributed by atoms with Crippen LogP contribution in [0.5, 0.6) is 11.5 Å². The van der Waals surface area contributed by atoms with Crippen LogP contribution >= 0.6 is 0 Å². The highest BCUT2D eigenvalue weighted by molar-refractivity contribution is 7.89. The van der Waals surface area contributed by atoms with E-state index in [4.69, 9.17) is 9.47 Å². The SMILES string of the molecule is CCN(CC)S(=O)(=O)CCCOc1ccc2c3n(c(=NC(=O)c4cccnc4)nc2c1OC)CCN3. The lowest BCUT2D eigenvalue weighted by Crippen LogP contribution is -2.33. The van der Waals surface area contributed by atoms with Crippen molar-refractivity contribution in [2.75, 3.05) is 44.4 Å². The van der Waals surface area contributed by atoms with Crippen LogP contribution in [-0.4, -0.2) is 72.3 Å². The monoisotopic (exact) mass is 514 g/mol. The summed E-state index contributed by atoms with van der Waals surface area (Å²) in [7, 11) is -1.81. The molecule has 0 saturated carbocycles. The first-order valence-electron chi connectivity index (χ1n) is 11.8. The van der Waals surface area contributed by atoms with E-state index in [9.17, 15) is 13.2 Å². The Morgan fingerprint density at radius 1 is 1.25 bits per heavy atom. The number of hydrogen-bond donors (Lipinski definition) is 1. The molecule has 2 aromatic heterocycles. The summed E-state index contributed by atoms with van der Waals surface area (Å²) < 4.78 is 39.7. The number of aromatic nitrogens is 3. The second kappa shape index (κ2) is 11.0. The van der Waals surface area contributed by atoms with Gasteiger partial charge in [-0.1, -0.05) is 13.8 Å². The van der Waals surface area contributed by atoms with Crippen LogP contribution in [-0.2, 0) is 16.6 Å². The molecule has 12 heteroatoms. The smallest absolute Gasteiger partial charge is 0.281 e. The van der Waals surface area contributed by atoms with E-state index in [0.29, 0.717) is 55.2 Å². The minimum absolute atomic E-state index is 0.00359. The molecule has 0 saturated heterocycles. The molecule has 0 bridgehead atoms. The Bertz CT molecular complexity index is 1420. The average Bonchev–Trinajstić information content (AvgIpc) is 3.38. The first-order chi connectivity index (χ1) is 17.4. The van der Waals surface area contributed by atoms with E-state index in [-0.39, 0.29) is 18.0 Å². The van der Waals surface area contributed by atoms with Gasteiger partial charge < -0.3 is 14.8 Å². The number of benzene rings is 1. The number of anilines is 1. The van der Waals surface area contributed by atoms with Gasteiger partial charge in [-0.3, -0.25) is 14.3 Å². The van der Waals surface area contributed by atoms with Crippen molar-refractivity contribution in [3.8, 4) is 11.5 Å². The number of ether oxygens (including phenoxy) is 2. The van der Waals surface area contributed by atoms with Crippen LogP contribution in [0.2, 0.25) is 0 Å². The molecular weight excluding hydrogens is 484 g/mol. The Kier molecular flexibility index (Phi) is 7.85. The van der Waals surface area contributed by atoms with Crippen molar-refractivity contribution in [2.24, 2.45) is 4.99 Å². The normalized spacial score (nSPS) is 13.6. The third kappa shape index (κ3) is 5.19. The summed E-state index contributed by atoms with van der Waals surface area (Å²) in [4.78, 5) is 25.6. The molecule has 3 heterocycles. The van der Waals surface area contributed by atoms with Crippen LogP contribution < -0.4 is 20.4 Å². The number of amides is 1. The zero-order chi connectivity index (χ0) is 25.7. The molecule has 0 aliphatic carbocycles. The van der Waals surface area contributed by atoms with Crippen molar-refractivity contribution in [2.45, 2.75) is 26.8 Å². The molecule has 0 radical (unpaired) electrons. The number of rotatable bonds is 10. The number of methoxy groups -OCH3 is 1. The van der Waals surface area contributed by atoms with Gasteiger partial charge in [-0.2, -0.15) is 4.99 Å². The molecule has 11 nitrogen and oxygen atoms in total. The van der Waals surface area contributed by atoms with Gasteiger partial charge in [-0.05, 0) is 30.7 Å². The number of carbonyl (C=O) groups excluding carboxylic acids is 1. The zero-order valence-corrected chi connectivity index (χ0v) is 21.4. The van der Waals surface area contributed by atoms with E-state index in [1.807, 2.05) is 24.5 Å². The third-order valence-corrected chi connectivity index (χ3v) is 8.03. The fourth-order valence-electron chi connectivity index (χ4n) is 4.16. The number of hydrogen-bond acceptors (Lipinski definition) is 8. The maximum absolute atomic E-state index is 12.7. The van der Waals surface area contributed by atoms with Gasteiger partial charge in [-0.25, -0.2) is 17.7 Å². The lowest BCUT2D eigenvalue weighted by molar-refractivity contribution is 0.0996. The molecule has 1 aliphatic rings. The van der Waals surface area contributed by atoms with Crippen LogP contribution in [0.25, 0.3) is 10.9 Å². The molecule has 1 aliphatic heterocycles. The maximum Gasteiger partial charge on any atom is 0.281 e. The predicted molar refractivity (Wildman–Crippen MR) is 136 cm³/mol. The van der Waals surface area contributed by atoms with E-state index in [0.717, 1.165) is 11.2 Å². The van der Waals surface area contributed by atoms with Crippen molar-refractivity contribution < 1.29 is 22.7 Å². The quantitative estimate of drug-likeness (QED) is 0.407. The highest BCUT2D eigenvalue weighted by Gasteiger charge is 2.22. The number of nitrogens with zero attached hydrogens (tertiary/aromatic N) is 5. The standard InChI is InChI=1S/C24H30N6O5S/c1-4-29(5-2)36(32,33)15-7-14-35-19-10-9-18-20(21(19)34-3)27-24(30-13-12-26-22(18)30)28-23(31)17-8-6-11-25-16-17/h6,8-11,16,26H,4-5,7,12-15H2,1-3H3. The summed E-state index contributed by atoms with van der Waals surface area (Å²) in [5, 5.41) is 4.13. The van der Waals surface area contributed by atoms with E-state index in [1.165, 1.54) is 17.6 Å². The van der Waals surface area contributed by atoms with Gasteiger partial charge in [0.25, 0.3) is 5.91 Å². The van der Waals surface area contributed by atoms with E-state index >= 15 is 0 Å². The van der Waals surface area contributed by atoms with Crippen LogP contribution in [0.15, 0.2) is 41.7 Å². The number of carbonyl (C=O) groups is 1. The summed E-state index contributed by atoms with van der Waals surface area (Å²) in [6.45, 7) is 5.99. The van der Waals surface area contributed by atoms with Gasteiger partial charge in [0, 0.05) is 44.0 Å². The van der Waals surface area contributed by atoms with Crippen LogP contribution in [0.1, 0.15) is 30.6 Å². The van der Waals surface area contributed by atoms with E-state index < -0.39 is 15.9 Å². The van der Waals surface area contributed by atoms with Crippen molar-refractivity contribution in [1.82, 2.24) is 18.8 Å². The van der Waals surface area contributed by atoms with Crippen molar-refractivity contribution >= 4 is 32.7 Å². The molecule has 1 aromatic carbocycles. The minimum atomic E-state index is -3.32. The molecule has 0 atom stereocenters. The van der Waals surface area contributed by atoms with Crippen molar-refractivity contribution in [1.29, 1.82) is 0 Å². The van der Waals surface area contributed by atoms with Crippen molar-refractivity contribution in [3.63, 3.8) is 0 Å². The van der Waals surface area contributed by atoms with E-state index in [2.05, 4.69) is 20.3 Å². The Morgan fingerprint density at radius 3 is 2.75 bits per heavy atom. The van der Waals surface area contributed by atoms with E-state index in [1.54, 1.807) is 24.4 Å². The van der Waals surface area contributed by atoms with Gasteiger partial charge in [-0.15, -0.1) is 0 Å². The number of pyridine rings is 1. The Hall–Kier alpha value is -3.51. The van der Waals surface area contributed by atoms with Crippen LogP contribution in [0, 0.1) is 0 Å². The molecule has 0 fully saturated rings. The van der Waals surface area contributed by atoms with Gasteiger partial charge in [0.15, 0.2) is 11.5 Å². The summed E-state index contributed by atoms with van der Waals surface area (Å²) in [5.74, 6) is 1.16. The fourth-order valence-corrected chi connectivity index (χ4v) is 5.69. The molecule has 0 spiro atoms. The minimum Gasteiger partial charge on any atom is -0.491 e. The average molecular weight is 515 g/mol. The lowest BCUT2D eigenvalue weighted by atomic mass is 10.2. The van der Waals surface area contributed by atoms with Crippen molar-refractivity contribution in [3.05, 3.63) is 47.8 Å². The third-order valence-electron chi connectivity index (χ3n) is 5.92. The number of fused-ring (bicyclic) bond motifs is 3. The number of sulfonamides is 1. The zero-order valence-electron chi connectivity index (χ0n) is 20.6. The van der Waals surface area contributed by atoms with Crippen LogP contribution in [0.4, 0.5) is 5.82 Å². The van der Waals surface area contributed by atoms with Gasteiger partial charge >= 0.3 is 0 Å². The Balaban J connectivity index is 1.64. The predicted octanol–water partition coefficient (Wildman–Crippen LogP) is 2.05. The second-order valence-electron chi connectivity index (χ2n) is 8.09. The molecule has 1 amide bonds. The molecule has 192 valence electrons. The molecule has 4 rings (SSSR count). The second-order valence-corrected chi connectivity index (χ2v) is 10.2. The molecule has 36 heavy (non-hydrogen) atoms. The highest BCUT2D eigenvalue weighted by atomic mass is 32.2. The summed E-state index contributed by atoms with van der Waals surface area (Å²) >= 11 is 0. The Morgan fingerprint density at radius 2 is 2.06 bits per heavy atom.